The molecular weight excluding hydrogens is 116 g/mol. The van der Waals surface area contributed by atoms with Gasteiger partial charge in [-0.05, 0) is 13.3 Å². The van der Waals surface area contributed by atoms with Gasteiger partial charge in [0.25, 0.3) is 0 Å². The third-order valence-electron chi connectivity index (χ3n) is 1.63. The van der Waals surface area contributed by atoms with Crippen LogP contribution in [0.5, 0.6) is 0 Å². The molecule has 0 atom stereocenters. The Bertz CT molecular complexity index is 290. The van der Waals surface area contributed by atoms with Crippen LogP contribution in [0, 0.1) is 6.92 Å². The van der Waals surface area contributed by atoms with Crippen molar-refractivity contribution < 1.29 is 0 Å². The Balaban J connectivity index is 3.25. The fourth-order valence-electron chi connectivity index (χ4n) is 0.978. The first-order valence-electron chi connectivity index (χ1n) is 2.97. The fourth-order valence-corrected chi connectivity index (χ4v) is 0.978. The van der Waals surface area contributed by atoms with Crippen LogP contribution in [-0.4, -0.2) is 0 Å². The maximum Gasteiger partial charge on any atom is 0.229 e. The molecule has 0 saturated carbocycles. The van der Waals surface area contributed by atoms with Crippen LogP contribution in [0.15, 0.2) is 9.59 Å². The third kappa shape index (κ3) is 0.626. The molecule has 1 rings (SSSR count). The SMILES string of the molecule is CCc1c(C)c(=O)c1=O. The quantitative estimate of drug-likeness (QED) is 0.499. The average Bonchev–Trinajstić information content (AvgIpc) is 1.89. The third-order valence-corrected chi connectivity index (χ3v) is 1.63. The van der Waals surface area contributed by atoms with E-state index in [1.54, 1.807) is 6.92 Å². The van der Waals surface area contributed by atoms with Crippen molar-refractivity contribution >= 4 is 0 Å². The van der Waals surface area contributed by atoms with Crippen molar-refractivity contribution in [1.82, 2.24) is 0 Å². The van der Waals surface area contributed by atoms with Crippen LogP contribution in [0.1, 0.15) is 18.1 Å². The summed E-state index contributed by atoms with van der Waals surface area (Å²) in [6.45, 7) is 3.58. The summed E-state index contributed by atoms with van der Waals surface area (Å²) in [5.41, 5.74) is 0.782. The van der Waals surface area contributed by atoms with Gasteiger partial charge in [-0.1, -0.05) is 6.92 Å². The number of hydrogen-bond acceptors (Lipinski definition) is 2. The molecule has 1 aromatic carbocycles. The molecule has 2 nitrogen and oxygen atoms in total. The predicted molar refractivity (Wildman–Crippen MR) is 35.5 cm³/mol. The molecule has 0 spiro atoms. The van der Waals surface area contributed by atoms with Gasteiger partial charge in [-0.15, -0.1) is 0 Å². The molecule has 0 saturated heterocycles. The highest BCUT2D eigenvalue weighted by molar-refractivity contribution is 5.30. The molecule has 2 heteroatoms. The van der Waals surface area contributed by atoms with E-state index in [4.69, 9.17) is 0 Å². The second-order valence-electron chi connectivity index (χ2n) is 2.12. The first kappa shape index (κ1) is 6.20. The zero-order valence-electron chi connectivity index (χ0n) is 5.52. The molecule has 0 heterocycles. The highest BCUT2D eigenvalue weighted by Gasteiger charge is 2.13. The van der Waals surface area contributed by atoms with Gasteiger partial charge in [0, 0.05) is 11.1 Å². The van der Waals surface area contributed by atoms with Crippen molar-refractivity contribution in [1.29, 1.82) is 0 Å². The molecule has 0 amide bonds. The molecule has 0 aliphatic heterocycles. The Morgan fingerprint density at radius 1 is 1.22 bits per heavy atom. The van der Waals surface area contributed by atoms with Crippen LogP contribution in [0.4, 0.5) is 0 Å². The minimum absolute atomic E-state index is 0.282. The van der Waals surface area contributed by atoms with Crippen LogP contribution in [0.3, 0.4) is 0 Å². The zero-order chi connectivity index (χ0) is 7.02. The summed E-state index contributed by atoms with van der Waals surface area (Å²) in [4.78, 5) is 21.1. The van der Waals surface area contributed by atoms with E-state index in [1.165, 1.54) is 0 Å². The molecule has 0 N–H and O–H groups in total. The lowest BCUT2D eigenvalue weighted by Crippen LogP contribution is -2.37. The van der Waals surface area contributed by atoms with Crippen molar-refractivity contribution in [2.75, 3.05) is 0 Å². The van der Waals surface area contributed by atoms with E-state index >= 15 is 0 Å². The molecule has 0 aromatic heterocycles. The van der Waals surface area contributed by atoms with Crippen LogP contribution in [0.2, 0.25) is 0 Å². The van der Waals surface area contributed by atoms with Crippen molar-refractivity contribution in [2.45, 2.75) is 20.3 Å². The van der Waals surface area contributed by atoms with Gasteiger partial charge in [0.2, 0.25) is 10.9 Å². The summed E-state index contributed by atoms with van der Waals surface area (Å²) in [7, 11) is 0. The largest absolute Gasteiger partial charge is 0.285 e. The first-order valence-corrected chi connectivity index (χ1v) is 2.97. The Labute approximate surface area is 52.8 Å². The van der Waals surface area contributed by atoms with Gasteiger partial charge in [0.05, 0.1) is 0 Å². The highest BCUT2D eigenvalue weighted by Crippen LogP contribution is 1.96. The summed E-state index contributed by atoms with van der Waals surface area (Å²) in [5, 5.41) is 0. The smallest absolute Gasteiger partial charge is 0.229 e. The van der Waals surface area contributed by atoms with Gasteiger partial charge >= 0.3 is 0 Å². The van der Waals surface area contributed by atoms with E-state index in [-0.39, 0.29) is 10.9 Å². The van der Waals surface area contributed by atoms with Crippen LogP contribution in [0.25, 0.3) is 0 Å². The fraction of sp³-hybridized carbons (Fsp3) is 0.429. The summed E-state index contributed by atoms with van der Waals surface area (Å²) >= 11 is 0. The van der Waals surface area contributed by atoms with E-state index < -0.39 is 0 Å². The first-order chi connectivity index (χ1) is 4.18. The van der Waals surface area contributed by atoms with Gasteiger partial charge in [0.1, 0.15) is 0 Å². The van der Waals surface area contributed by atoms with Crippen molar-refractivity contribution in [2.24, 2.45) is 0 Å². The standard InChI is InChI=1S/C7H8O2/c1-3-5-4(2)6(8)7(5)9/h3H2,1-2H3. The Morgan fingerprint density at radius 3 is 2.00 bits per heavy atom. The summed E-state index contributed by atoms with van der Waals surface area (Å²) in [5.74, 6) is 0. The molecule has 0 bridgehead atoms. The maximum atomic E-state index is 10.6. The summed E-state index contributed by atoms with van der Waals surface area (Å²) in [6.07, 6.45) is 0.691. The zero-order valence-corrected chi connectivity index (χ0v) is 5.52. The van der Waals surface area contributed by atoms with Gasteiger partial charge in [-0.2, -0.15) is 0 Å². The summed E-state index contributed by atoms with van der Waals surface area (Å²) in [6, 6.07) is 0. The topological polar surface area (TPSA) is 34.1 Å². The normalized spacial score (nSPS) is 10.4. The minimum Gasteiger partial charge on any atom is -0.285 e. The predicted octanol–water partition coefficient (Wildman–Crippen LogP) is 0.153. The maximum absolute atomic E-state index is 10.6. The number of hydrogen-bond donors (Lipinski definition) is 0. The minimum atomic E-state index is -0.299. The van der Waals surface area contributed by atoms with E-state index in [0.717, 1.165) is 0 Å². The average molecular weight is 124 g/mol. The lowest BCUT2D eigenvalue weighted by Gasteiger charge is -2.00. The molecule has 1 aromatic rings. The van der Waals surface area contributed by atoms with E-state index in [0.29, 0.717) is 17.5 Å². The lowest BCUT2D eigenvalue weighted by molar-refractivity contribution is 1.03. The van der Waals surface area contributed by atoms with Gasteiger partial charge < -0.3 is 0 Å². The Kier molecular flexibility index (Phi) is 1.24. The molecule has 0 aliphatic rings. The molecular formula is C7H8O2. The summed E-state index contributed by atoms with van der Waals surface area (Å²) < 4.78 is 0. The second-order valence-corrected chi connectivity index (χ2v) is 2.12. The molecule has 0 unspecified atom stereocenters. The second kappa shape index (κ2) is 1.79. The molecule has 48 valence electrons. The van der Waals surface area contributed by atoms with Crippen LogP contribution in [-0.2, 0) is 6.42 Å². The van der Waals surface area contributed by atoms with Crippen molar-refractivity contribution in [3.05, 3.63) is 31.6 Å². The van der Waals surface area contributed by atoms with Crippen LogP contribution >= 0.6 is 0 Å². The molecule has 0 radical (unpaired) electrons. The van der Waals surface area contributed by atoms with Gasteiger partial charge in [-0.3, -0.25) is 9.59 Å². The van der Waals surface area contributed by atoms with E-state index in [2.05, 4.69) is 0 Å². The monoisotopic (exact) mass is 124 g/mol. The molecule has 0 fully saturated rings. The van der Waals surface area contributed by atoms with Crippen molar-refractivity contribution in [3.8, 4) is 0 Å². The van der Waals surface area contributed by atoms with Crippen molar-refractivity contribution in [3.63, 3.8) is 0 Å². The van der Waals surface area contributed by atoms with Gasteiger partial charge in [0.15, 0.2) is 0 Å². The number of rotatable bonds is 1. The highest BCUT2D eigenvalue weighted by atomic mass is 16.2. The molecule has 9 heavy (non-hydrogen) atoms. The Morgan fingerprint density at radius 2 is 1.78 bits per heavy atom. The molecule has 0 aliphatic carbocycles. The van der Waals surface area contributed by atoms with Crippen LogP contribution < -0.4 is 10.9 Å². The lowest BCUT2D eigenvalue weighted by atomic mass is 10.0. The van der Waals surface area contributed by atoms with E-state index in [9.17, 15) is 9.59 Å². The van der Waals surface area contributed by atoms with E-state index in [1.807, 2.05) is 6.92 Å². The van der Waals surface area contributed by atoms with Gasteiger partial charge in [-0.25, -0.2) is 0 Å². The Hall–Kier alpha value is -0.920.